The number of rotatable bonds is 1. The summed E-state index contributed by atoms with van der Waals surface area (Å²) in [6, 6.07) is 10.4. The summed E-state index contributed by atoms with van der Waals surface area (Å²) in [5, 5.41) is 0.254. The summed E-state index contributed by atoms with van der Waals surface area (Å²) in [7, 11) is 1.89. The van der Waals surface area contributed by atoms with Gasteiger partial charge in [0.25, 0.3) is 0 Å². The van der Waals surface area contributed by atoms with Crippen molar-refractivity contribution in [3.05, 3.63) is 64.2 Å². The number of hydrogen-bond donors (Lipinski definition) is 0. The maximum atomic E-state index is 13.1. The maximum absolute atomic E-state index is 13.1. The Morgan fingerprint density at radius 3 is 2.64 bits per heavy atom. The molecule has 0 radical (unpaired) electrons. The van der Waals surface area contributed by atoms with E-state index in [4.69, 9.17) is 23.2 Å². The fourth-order valence-electron chi connectivity index (χ4n) is 2.85. The molecular weight excluding hydrogens is 372 g/mol. The lowest BCUT2D eigenvalue weighted by molar-refractivity contribution is -0.137. The Hall–Kier alpha value is -1.72. The highest BCUT2D eigenvalue weighted by Crippen LogP contribution is 2.32. The minimum atomic E-state index is -4.42. The average molecular weight is 387 g/mol. The van der Waals surface area contributed by atoms with Crippen LogP contribution in [0.2, 0.25) is 5.02 Å². The summed E-state index contributed by atoms with van der Waals surface area (Å²) in [4.78, 5) is 6.47. The third kappa shape index (κ3) is 3.93. The van der Waals surface area contributed by atoms with Crippen molar-refractivity contribution >= 4 is 34.6 Å². The van der Waals surface area contributed by atoms with Gasteiger partial charge >= 0.3 is 6.18 Å². The fourth-order valence-corrected chi connectivity index (χ4v) is 3.30. The average Bonchev–Trinajstić information content (AvgIpc) is 2.53. The topological polar surface area (TPSA) is 15.6 Å². The molecule has 0 saturated heterocycles. The van der Waals surface area contributed by atoms with Crippen LogP contribution in [0, 0.1) is 0 Å². The minimum absolute atomic E-state index is 0.241. The lowest BCUT2D eigenvalue weighted by Crippen LogP contribution is -2.31. The number of nitrogens with zero attached hydrogens (tertiary/aromatic N) is 2. The van der Waals surface area contributed by atoms with Crippen LogP contribution in [-0.2, 0) is 6.18 Å². The summed E-state index contributed by atoms with van der Waals surface area (Å²) in [5.41, 5.74) is 1.65. The first-order chi connectivity index (χ1) is 11.8. The van der Waals surface area contributed by atoms with E-state index in [9.17, 15) is 13.2 Å². The largest absolute Gasteiger partial charge is 0.416 e. The Bertz CT molecular complexity index is 818. The van der Waals surface area contributed by atoms with Gasteiger partial charge in [-0.1, -0.05) is 23.7 Å². The molecule has 0 saturated carbocycles. The highest BCUT2D eigenvalue weighted by molar-refractivity contribution is 6.31. The molecule has 1 aliphatic heterocycles. The van der Waals surface area contributed by atoms with E-state index in [0.29, 0.717) is 35.0 Å². The van der Waals surface area contributed by atoms with Crippen LogP contribution in [0.25, 0.3) is 0 Å². The Labute approximate surface area is 153 Å². The molecule has 0 bridgehead atoms. The van der Waals surface area contributed by atoms with E-state index < -0.39 is 11.7 Å². The van der Waals surface area contributed by atoms with Crippen molar-refractivity contribution in [2.75, 3.05) is 25.0 Å². The quantitative estimate of drug-likeness (QED) is 0.610. The van der Waals surface area contributed by atoms with Gasteiger partial charge in [0, 0.05) is 35.4 Å². The number of halogens is 5. The van der Waals surface area contributed by atoms with Crippen LogP contribution in [0.1, 0.15) is 16.7 Å². The molecule has 132 valence electrons. The monoisotopic (exact) mass is 386 g/mol. The van der Waals surface area contributed by atoms with Crippen LogP contribution in [0.3, 0.4) is 0 Å². The lowest BCUT2D eigenvalue weighted by Gasteiger charge is -2.27. The summed E-state index contributed by atoms with van der Waals surface area (Å²) >= 11 is 12.4. The molecule has 0 aromatic heterocycles. The van der Waals surface area contributed by atoms with E-state index in [2.05, 4.69) is 4.99 Å². The third-order valence-corrected chi connectivity index (χ3v) is 4.52. The number of fused-ring (bicyclic) bond motifs is 1. The first kappa shape index (κ1) is 18.1. The van der Waals surface area contributed by atoms with Crippen molar-refractivity contribution in [2.24, 2.45) is 4.99 Å². The minimum Gasteiger partial charge on any atom is -0.372 e. The van der Waals surface area contributed by atoms with Gasteiger partial charge in [0.15, 0.2) is 0 Å². The Morgan fingerprint density at radius 2 is 1.92 bits per heavy atom. The molecule has 1 aliphatic rings. The molecule has 0 N–H and O–H groups in total. The van der Waals surface area contributed by atoms with Crippen LogP contribution < -0.4 is 4.90 Å². The molecule has 3 rings (SSSR count). The highest BCUT2D eigenvalue weighted by Gasteiger charge is 2.31. The Morgan fingerprint density at radius 1 is 1.16 bits per heavy atom. The van der Waals surface area contributed by atoms with Gasteiger partial charge in [-0.05, 0) is 30.3 Å². The zero-order chi connectivity index (χ0) is 18.2. The standard InChI is InChI=1S/C18H15Cl2F3N2/c1-25-10-14(20)9-24-17(15-8-13(19)5-6-16(15)25)11-3-2-4-12(7-11)18(21,22)23/h2-8,14H,9-10H2,1H3. The van der Waals surface area contributed by atoms with Crippen LogP contribution >= 0.6 is 23.2 Å². The van der Waals surface area contributed by atoms with Gasteiger partial charge < -0.3 is 4.90 Å². The molecule has 0 fully saturated rings. The number of alkyl halides is 4. The van der Waals surface area contributed by atoms with Gasteiger partial charge in [-0.3, -0.25) is 4.99 Å². The van der Waals surface area contributed by atoms with Crippen molar-refractivity contribution in [3.63, 3.8) is 0 Å². The summed E-state index contributed by atoms with van der Waals surface area (Å²) in [6.45, 7) is 0.888. The van der Waals surface area contributed by atoms with E-state index >= 15 is 0 Å². The summed E-state index contributed by atoms with van der Waals surface area (Å²) in [5.74, 6) is 0. The molecule has 0 aliphatic carbocycles. The second-order valence-electron chi connectivity index (χ2n) is 5.91. The van der Waals surface area contributed by atoms with Gasteiger partial charge in [0.05, 0.1) is 23.2 Å². The van der Waals surface area contributed by atoms with Crippen molar-refractivity contribution < 1.29 is 13.2 Å². The molecule has 2 aromatic rings. The van der Waals surface area contributed by atoms with Gasteiger partial charge in [0.1, 0.15) is 0 Å². The number of anilines is 1. The molecule has 0 spiro atoms. The van der Waals surface area contributed by atoms with Gasteiger partial charge in [0.2, 0.25) is 0 Å². The van der Waals surface area contributed by atoms with Crippen LogP contribution in [0.5, 0.6) is 0 Å². The van der Waals surface area contributed by atoms with Crippen molar-refractivity contribution in [1.29, 1.82) is 0 Å². The first-order valence-corrected chi connectivity index (χ1v) is 8.44. The zero-order valence-electron chi connectivity index (χ0n) is 13.3. The van der Waals surface area contributed by atoms with E-state index in [1.54, 1.807) is 18.2 Å². The first-order valence-electron chi connectivity index (χ1n) is 7.63. The van der Waals surface area contributed by atoms with E-state index in [1.165, 1.54) is 6.07 Å². The van der Waals surface area contributed by atoms with Gasteiger partial charge in [-0.15, -0.1) is 11.6 Å². The van der Waals surface area contributed by atoms with Crippen LogP contribution in [0.15, 0.2) is 47.5 Å². The Kier molecular flexibility index (Phi) is 4.98. The predicted molar refractivity (Wildman–Crippen MR) is 96.3 cm³/mol. The number of hydrogen-bond acceptors (Lipinski definition) is 2. The highest BCUT2D eigenvalue weighted by atomic mass is 35.5. The van der Waals surface area contributed by atoms with E-state index in [0.717, 1.165) is 17.8 Å². The summed E-state index contributed by atoms with van der Waals surface area (Å²) < 4.78 is 39.2. The fraction of sp³-hybridized carbons (Fsp3) is 0.278. The smallest absolute Gasteiger partial charge is 0.372 e. The summed E-state index contributed by atoms with van der Waals surface area (Å²) in [6.07, 6.45) is -4.42. The third-order valence-electron chi connectivity index (χ3n) is 4.01. The van der Waals surface area contributed by atoms with E-state index in [-0.39, 0.29) is 5.38 Å². The lowest BCUT2D eigenvalue weighted by atomic mass is 9.97. The predicted octanol–water partition coefficient (Wildman–Crippen LogP) is 5.25. The molecule has 1 atom stereocenters. The van der Waals surface area contributed by atoms with Crippen LogP contribution in [0.4, 0.5) is 18.9 Å². The molecule has 2 aromatic carbocycles. The number of aliphatic imine (C=N–C) groups is 1. The van der Waals surface area contributed by atoms with Crippen molar-refractivity contribution in [3.8, 4) is 0 Å². The molecule has 1 heterocycles. The molecule has 2 nitrogen and oxygen atoms in total. The second-order valence-corrected chi connectivity index (χ2v) is 6.96. The molecule has 25 heavy (non-hydrogen) atoms. The molecule has 0 amide bonds. The molecular formula is C18H15Cl2F3N2. The normalized spacial score (nSPS) is 18.2. The SMILES string of the molecule is CN1CC(Cl)CN=C(c2cccc(C(F)(F)F)c2)c2cc(Cl)ccc21. The second kappa shape index (κ2) is 6.89. The van der Waals surface area contributed by atoms with Gasteiger partial charge in [-0.2, -0.15) is 13.2 Å². The number of benzene rings is 2. The molecule has 1 unspecified atom stereocenters. The Balaban J connectivity index is 2.18. The van der Waals surface area contributed by atoms with Crippen molar-refractivity contribution in [1.82, 2.24) is 0 Å². The van der Waals surface area contributed by atoms with Crippen LogP contribution in [-0.4, -0.2) is 31.2 Å². The van der Waals surface area contributed by atoms with E-state index in [1.807, 2.05) is 18.0 Å². The molecule has 7 heteroatoms. The maximum Gasteiger partial charge on any atom is 0.416 e. The van der Waals surface area contributed by atoms with Gasteiger partial charge in [-0.25, -0.2) is 0 Å². The zero-order valence-corrected chi connectivity index (χ0v) is 14.8. The van der Waals surface area contributed by atoms with Crippen molar-refractivity contribution in [2.45, 2.75) is 11.6 Å².